The number of likely N-dealkylation sites (N-methyl/N-ethyl adjacent to an activating group) is 1. The molecule has 1 atom stereocenters. The Hall–Kier alpha value is -3.12. The summed E-state index contributed by atoms with van der Waals surface area (Å²) in [4.78, 5) is 26.3. The number of imidazole rings is 1. The van der Waals surface area contributed by atoms with Crippen LogP contribution in [0, 0.1) is 0 Å². The third kappa shape index (κ3) is 2.68. The van der Waals surface area contributed by atoms with Gasteiger partial charge < -0.3 is 20.2 Å². The van der Waals surface area contributed by atoms with Gasteiger partial charge >= 0.3 is 0 Å². The zero-order chi connectivity index (χ0) is 19.1. The van der Waals surface area contributed by atoms with Gasteiger partial charge in [-0.2, -0.15) is 0 Å². The fourth-order valence-electron chi connectivity index (χ4n) is 4.34. The van der Waals surface area contributed by atoms with Crippen molar-refractivity contribution in [2.24, 2.45) is 0 Å². The van der Waals surface area contributed by atoms with Gasteiger partial charge in [-0.15, -0.1) is 0 Å². The van der Waals surface area contributed by atoms with E-state index >= 15 is 0 Å². The number of hydrogen-bond acceptors (Lipinski definition) is 3. The van der Waals surface area contributed by atoms with Gasteiger partial charge in [-0.3, -0.25) is 4.79 Å². The Labute approximate surface area is 163 Å². The van der Waals surface area contributed by atoms with E-state index < -0.39 is 0 Å². The molecule has 1 amide bonds. The summed E-state index contributed by atoms with van der Waals surface area (Å²) in [6, 6.07) is 12.0. The lowest BCUT2D eigenvalue weighted by Crippen LogP contribution is -2.48. The van der Waals surface area contributed by atoms with E-state index in [0.717, 1.165) is 47.2 Å². The number of carbonyl (C=O) groups excluding carboxylic acids is 1. The first-order chi connectivity index (χ1) is 13.8. The average Bonchev–Trinajstić information content (AvgIpc) is 3.38. The molecule has 5 rings (SSSR count). The molecular weight excluding hydrogens is 350 g/mol. The van der Waals surface area contributed by atoms with Crippen LogP contribution in [0.3, 0.4) is 0 Å². The minimum Gasteiger partial charge on any atom is -0.361 e. The Morgan fingerprint density at radius 1 is 1.21 bits per heavy atom. The summed E-state index contributed by atoms with van der Waals surface area (Å²) < 4.78 is 0. The van der Waals surface area contributed by atoms with E-state index in [4.69, 9.17) is 0 Å². The van der Waals surface area contributed by atoms with Crippen LogP contribution in [0.5, 0.6) is 0 Å². The molecule has 3 heterocycles. The van der Waals surface area contributed by atoms with E-state index in [2.05, 4.69) is 32.4 Å². The van der Waals surface area contributed by atoms with Crippen LogP contribution in [0.25, 0.3) is 21.9 Å². The smallest absolute Gasteiger partial charge is 0.244 e. The fourth-order valence-corrected chi connectivity index (χ4v) is 4.34. The molecule has 6 heteroatoms. The number of amides is 1. The van der Waals surface area contributed by atoms with Crippen LogP contribution in [-0.4, -0.2) is 40.5 Å². The van der Waals surface area contributed by atoms with Crippen molar-refractivity contribution >= 4 is 33.5 Å². The molecule has 1 aliphatic heterocycles. The fraction of sp³-hybridized carbons (Fsp3) is 0.273. The Balaban J connectivity index is 1.47. The molecule has 0 saturated heterocycles. The summed E-state index contributed by atoms with van der Waals surface area (Å²) in [5.41, 5.74) is 6.42. The van der Waals surface area contributed by atoms with E-state index in [1.165, 1.54) is 10.9 Å². The van der Waals surface area contributed by atoms with Crippen LogP contribution in [0.2, 0.25) is 0 Å². The molecule has 0 radical (unpaired) electrons. The maximum atomic E-state index is 13.5. The largest absolute Gasteiger partial charge is 0.361 e. The van der Waals surface area contributed by atoms with Crippen LogP contribution in [-0.2, 0) is 17.6 Å². The molecule has 0 spiro atoms. The van der Waals surface area contributed by atoms with Gasteiger partial charge in [-0.1, -0.05) is 18.2 Å². The van der Waals surface area contributed by atoms with Crippen molar-refractivity contribution in [1.29, 1.82) is 0 Å². The molecule has 0 aliphatic carbocycles. The number of aryl methyl sites for hydroxylation is 1. The lowest BCUT2D eigenvalue weighted by Gasteiger charge is -2.32. The molecule has 1 aliphatic rings. The molecular formula is C22H23N5O. The van der Waals surface area contributed by atoms with E-state index in [1.807, 2.05) is 42.4 Å². The van der Waals surface area contributed by atoms with Gasteiger partial charge in [0.2, 0.25) is 5.91 Å². The molecule has 1 unspecified atom stereocenters. The van der Waals surface area contributed by atoms with Gasteiger partial charge in [0, 0.05) is 34.9 Å². The molecule has 2 aromatic heterocycles. The van der Waals surface area contributed by atoms with Crippen molar-refractivity contribution < 1.29 is 4.79 Å². The van der Waals surface area contributed by atoms with E-state index in [0.29, 0.717) is 6.42 Å². The predicted molar refractivity (Wildman–Crippen MR) is 112 cm³/mol. The molecule has 4 aromatic rings. The third-order valence-corrected chi connectivity index (χ3v) is 5.78. The van der Waals surface area contributed by atoms with Gasteiger partial charge in [0.1, 0.15) is 0 Å². The average molecular weight is 373 g/mol. The summed E-state index contributed by atoms with van der Waals surface area (Å²) >= 11 is 0. The number of benzene rings is 2. The highest BCUT2D eigenvalue weighted by Gasteiger charge is 2.29. The van der Waals surface area contributed by atoms with Crippen molar-refractivity contribution in [1.82, 2.24) is 20.3 Å². The maximum Gasteiger partial charge on any atom is 0.244 e. The number of fused-ring (bicyclic) bond motifs is 4. The van der Waals surface area contributed by atoms with Crippen LogP contribution >= 0.6 is 0 Å². The molecule has 142 valence electrons. The Morgan fingerprint density at radius 2 is 2.11 bits per heavy atom. The standard InChI is InChI=1S/C22H23N5O/c1-23-19(11-14-12-24-17-7-3-2-5-15(14)17)22(28)27-10-4-6-16-20(27)9-8-18-21(16)26-13-25-18/h2-3,5,7-9,12-13,19,23-24H,4,6,10-11H2,1H3,(H,25,26). The van der Waals surface area contributed by atoms with Gasteiger partial charge in [0.25, 0.3) is 0 Å². The molecule has 0 fully saturated rings. The Bertz CT molecular complexity index is 1160. The number of rotatable bonds is 4. The van der Waals surface area contributed by atoms with Crippen molar-refractivity contribution in [3.8, 4) is 0 Å². The lowest BCUT2D eigenvalue weighted by molar-refractivity contribution is -0.120. The number of aromatic nitrogens is 3. The third-order valence-electron chi connectivity index (χ3n) is 5.78. The molecule has 28 heavy (non-hydrogen) atoms. The number of anilines is 1. The Morgan fingerprint density at radius 3 is 3.00 bits per heavy atom. The first kappa shape index (κ1) is 17.0. The van der Waals surface area contributed by atoms with Gasteiger partial charge in [-0.25, -0.2) is 4.98 Å². The number of H-pyrrole nitrogens is 2. The topological polar surface area (TPSA) is 76.8 Å². The zero-order valence-corrected chi connectivity index (χ0v) is 15.8. The van der Waals surface area contributed by atoms with Crippen LogP contribution in [0.4, 0.5) is 5.69 Å². The zero-order valence-electron chi connectivity index (χ0n) is 15.8. The normalized spacial score (nSPS) is 15.1. The second-order valence-electron chi connectivity index (χ2n) is 7.36. The van der Waals surface area contributed by atoms with Crippen LogP contribution in [0.1, 0.15) is 17.5 Å². The second-order valence-corrected chi connectivity index (χ2v) is 7.36. The first-order valence-corrected chi connectivity index (χ1v) is 9.75. The number of hydrogen-bond donors (Lipinski definition) is 3. The SMILES string of the molecule is CNC(Cc1c[nH]c2ccccc12)C(=O)N1CCCc2c1ccc1[nH]cnc21. The van der Waals surface area contributed by atoms with E-state index in [-0.39, 0.29) is 11.9 Å². The molecule has 0 bridgehead atoms. The minimum absolute atomic E-state index is 0.114. The van der Waals surface area contributed by atoms with Gasteiger partial charge in [-0.05, 0) is 50.1 Å². The summed E-state index contributed by atoms with van der Waals surface area (Å²) in [7, 11) is 1.86. The minimum atomic E-state index is -0.278. The molecule has 6 nitrogen and oxygen atoms in total. The summed E-state index contributed by atoms with van der Waals surface area (Å²) in [5.74, 6) is 0.114. The number of carbonyl (C=O) groups is 1. The summed E-state index contributed by atoms with van der Waals surface area (Å²) in [5, 5.41) is 4.41. The highest BCUT2D eigenvalue weighted by atomic mass is 16.2. The number of para-hydroxylation sites is 1. The lowest BCUT2D eigenvalue weighted by atomic mass is 9.98. The van der Waals surface area contributed by atoms with Gasteiger partial charge in [0.05, 0.1) is 23.4 Å². The van der Waals surface area contributed by atoms with Crippen molar-refractivity contribution in [2.75, 3.05) is 18.5 Å². The second kappa shape index (κ2) is 6.80. The number of nitrogens with zero attached hydrogens (tertiary/aromatic N) is 2. The molecule has 3 N–H and O–H groups in total. The number of nitrogens with one attached hydrogen (secondary N) is 3. The number of aromatic amines is 2. The van der Waals surface area contributed by atoms with E-state index in [9.17, 15) is 4.79 Å². The first-order valence-electron chi connectivity index (χ1n) is 9.75. The highest BCUT2D eigenvalue weighted by Crippen LogP contribution is 2.32. The van der Waals surface area contributed by atoms with Gasteiger partial charge in [0.15, 0.2) is 0 Å². The van der Waals surface area contributed by atoms with E-state index in [1.54, 1.807) is 6.33 Å². The predicted octanol–water partition coefficient (Wildman–Crippen LogP) is 3.15. The van der Waals surface area contributed by atoms with Crippen LogP contribution in [0.15, 0.2) is 48.9 Å². The summed E-state index contributed by atoms with van der Waals surface area (Å²) in [6.45, 7) is 0.744. The molecule has 2 aromatic carbocycles. The highest BCUT2D eigenvalue weighted by molar-refractivity contribution is 6.01. The quantitative estimate of drug-likeness (QED) is 0.514. The summed E-state index contributed by atoms with van der Waals surface area (Å²) in [6.07, 6.45) is 6.29. The molecule has 0 saturated carbocycles. The van der Waals surface area contributed by atoms with Crippen LogP contribution < -0.4 is 10.2 Å². The van der Waals surface area contributed by atoms with Crippen molar-refractivity contribution in [3.63, 3.8) is 0 Å². The maximum absolute atomic E-state index is 13.5. The Kier molecular flexibility index (Phi) is 4.13. The van der Waals surface area contributed by atoms with Crippen molar-refractivity contribution in [3.05, 3.63) is 60.0 Å². The monoisotopic (exact) mass is 373 g/mol. The van der Waals surface area contributed by atoms with Crippen molar-refractivity contribution in [2.45, 2.75) is 25.3 Å².